The summed E-state index contributed by atoms with van der Waals surface area (Å²) in [5.74, 6) is 0. The Morgan fingerprint density at radius 1 is 1.26 bits per heavy atom. The van der Waals surface area contributed by atoms with Crippen LogP contribution >= 0.6 is 11.3 Å². The highest BCUT2D eigenvalue weighted by Crippen LogP contribution is 2.46. The van der Waals surface area contributed by atoms with Crippen LogP contribution in [0.25, 0.3) is 0 Å². The fraction of sp³-hybridized carbons (Fsp3) is 0.800. The maximum Gasteiger partial charge on any atom is 0.185 e. The Balaban J connectivity index is 1.63. The van der Waals surface area contributed by atoms with Crippen LogP contribution in [0, 0.1) is 5.41 Å². The average Bonchev–Trinajstić information content (AvgIpc) is 3.09. The van der Waals surface area contributed by atoms with E-state index in [9.17, 15) is 0 Å². The quantitative estimate of drug-likeness (QED) is 0.916. The molecule has 2 heterocycles. The molecule has 0 amide bonds. The Morgan fingerprint density at radius 2 is 1.95 bits per heavy atom. The van der Waals surface area contributed by atoms with Gasteiger partial charge in [0.25, 0.3) is 0 Å². The summed E-state index contributed by atoms with van der Waals surface area (Å²) in [6, 6.07) is 0.357. The lowest BCUT2D eigenvalue weighted by Gasteiger charge is -2.39. The van der Waals surface area contributed by atoms with E-state index in [2.05, 4.69) is 22.5 Å². The molecule has 3 nitrogen and oxygen atoms in total. The second-order valence-electron chi connectivity index (χ2n) is 6.26. The third-order valence-electron chi connectivity index (χ3n) is 5.15. The number of thiazole rings is 1. The van der Waals surface area contributed by atoms with E-state index in [1.54, 1.807) is 11.3 Å². The summed E-state index contributed by atoms with van der Waals surface area (Å²) in [6.45, 7) is 4.59. The zero-order valence-corrected chi connectivity index (χ0v) is 12.9. The first-order valence-electron chi connectivity index (χ1n) is 7.60. The van der Waals surface area contributed by atoms with Gasteiger partial charge in [0.05, 0.1) is 5.69 Å². The van der Waals surface area contributed by atoms with Gasteiger partial charge in [-0.25, -0.2) is 4.98 Å². The number of anilines is 1. The highest BCUT2D eigenvalue weighted by molar-refractivity contribution is 7.13. The van der Waals surface area contributed by atoms with E-state index in [0.717, 1.165) is 0 Å². The molecule has 106 valence electrons. The lowest BCUT2D eigenvalue weighted by Crippen LogP contribution is -2.38. The zero-order valence-electron chi connectivity index (χ0n) is 12.1. The summed E-state index contributed by atoms with van der Waals surface area (Å²) >= 11 is 1.81. The van der Waals surface area contributed by atoms with E-state index in [4.69, 9.17) is 4.98 Å². The minimum atomic E-state index is 0.357. The first-order chi connectivity index (χ1) is 9.22. The molecule has 1 aliphatic heterocycles. The van der Waals surface area contributed by atoms with Gasteiger partial charge in [-0.2, -0.15) is 0 Å². The number of rotatable bonds is 3. The number of hydrogen-bond donors (Lipinski definition) is 1. The lowest BCUT2D eigenvalue weighted by atomic mass is 9.77. The molecule has 4 heteroatoms. The van der Waals surface area contributed by atoms with Crippen LogP contribution in [0.15, 0.2) is 5.38 Å². The molecule has 3 rings (SSSR count). The van der Waals surface area contributed by atoms with Crippen LogP contribution in [-0.2, 0) is 0 Å². The van der Waals surface area contributed by atoms with Gasteiger partial charge in [-0.1, -0.05) is 12.8 Å². The summed E-state index contributed by atoms with van der Waals surface area (Å²) < 4.78 is 0. The van der Waals surface area contributed by atoms with Crippen LogP contribution in [-0.4, -0.2) is 25.1 Å². The van der Waals surface area contributed by atoms with E-state index >= 15 is 0 Å². The Bertz CT molecular complexity index is 413. The van der Waals surface area contributed by atoms with Crippen molar-refractivity contribution < 1.29 is 0 Å². The zero-order chi connectivity index (χ0) is 13.3. The Morgan fingerprint density at radius 3 is 2.58 bits per heavy atom. The van der Waals surface area contributed by atoms with E-state index in [-0.39, 0.29) is 0 Å². The van der Waals surface area contributed by atoms with Crippen molar-refractivity contribution in [1.29, 1.82) is 0 Å². The van der Waals surface area contributed by atoms with Crippen molar-refractivity contribution in [3.8, 4) is 0 Å². The number of nitrogens with one attached hydrogen (secondary N) is 1. The Kier molecular flexibility index (Phi) is 3.81. The fourth-order valence-electron chi connectivity index (χ4n) is 3.57. The lowest BCUT2D eigenvalue weighted by molar-refractivity contribution is 0.226. The van der Waals surface area contributed by atoms with Gasteiger partial charge in [0, 0.05) is 24.5 Å². The molecule has 0 radical (unpaired) electrons. The molecule has 0 aromatic carbocycles. The topological polar surface area (TPSA) is 28.2 Å². The molecule has 1 saturated carbocycles. The molecule has 1 aliphatic carbocycles. The van der Waals surface area contributed by atoms with Crippen LogP contribution in [0.1, 0.15) is 57.2 Å². The first-order valence-corrected chi connectivity index (χ1v) is 8.48. The maximum absolute atomic E-state index is 4.80. The molecule has 1 N–H and O–H groups in total. The largest absolute Gasteiger partial charge is 0.348 e. The second kappa shape index (κ2) is 5.41. The minimum Gasteiger partial charge on any atom is -0.348 e. The van der Waals surface area contributed by atoms with Crippen molar-refractivity contribution in [3.63, 3.8) is 0 Å². The standard InChI is InChI=1S/C15H25N3S/c1-12(16-2)13-11-19-14(17-13)18-9-7-15(8-10-18)5-3-4-6-15/h11-12,16H,3-10H2,1-2H3. The summed E-state index contributed by atoms with van der Waals surface area (Å²) in [5, 5.41) is 6.69. The molecule has 0 bridgehead atoms. The van der Waals surface area contributed by atoms with Crippen molar-refractivity contribution in [2.24, 2.45) is 5.41 Å². The molecule has 1 unspecified atom stereocenters. The highest BCUT2D eigenvalue weighted by Gasteiger charge is 2.37. The third-order valence-corrected chi connectivity index (χ3v) is 6.06. The van der Waals surface area contributed by atoms with Crippen molar-refractivity contribution in [1.82, 2.24) is 10.3 Å². The van der Waals surface area contributed by atoms with Gasteiger partial charge >= 0.3 is 0 Å². The number of hydrogen-bond acceptors (Lipinski definition) is 4. The highest BCUT2D eigenvalue weighted by atomic mass is 32.1. The molecule has 1 atom stereocenters. The molecule has 1 saturated heterocycles. The van der Waals surface area contributed by atoms with E-state index in [1.807, 2.05) is 7.05 Å². The molecule has 1 aromatic rings. The SMILES string of the molecule is CNC(C)c1csc(N2CCC3(CCCC3)CC2)n1. The van der Waals surface area contributed by atoms with Gasteiger partial charge in [0.1, 0.15) is 0 Å². The van der Waals surface area contributed by atoms with Crippen LogP contribution in [0.4, 0.5) is 5.13 Å². The number of piperidine rings is 1. The third kappa shape index (κ3) is 2.65. The van der Waals surface area contributed by atoms with Crippen LogP contribution in [0.2, 0.25) is 0 Å². The predicted molar refractivity (Wildman–Crippen MR) is 81.9 cm³/mol. The van der Waals surface area contributed by atoms with Gasteiger partial charge in [-0.15, -0.1) is 11.3 Å². The summed E-state index contributed by atoms with van der Waals surface area (Å²) in [4.78, 5) is 7.30. The molecule has 1 aromatic heterocycles. The van der Waals surface area contributed by atoms with Crippen LogP contribution in [0.5, 0.6) is 0 Å². The monoisotopic (exact) mass is 279 g/mol. The molecule has 19 heavy (non-hydrogen) atoms. The van der Waals surface area contributed by atoms with Crippen molar-refractivity contribution in [2.45, 2.75) is 51.5 Å². The van der Waals surface area contributed by atoms with Crippen molar-refractivity contribution in [3.05, 3.63) is 11.1 Å². The summed E-state index contributed by atoms with van der Waals surface area (Å²) in [7, 11) is 1.99. The number of nitrogens with zero attached hydrogens (tertiary/aromatic N) is 2. The maximum atomic E-state index is 4.80. The summed E-state index contributed by atoms with van der Waals surface area (Å²) in [5.41, 5.74) is 1.89. The summed E-state index contributed by atoms with van der Waals surface area (Å²) in [6.07, 6.45) is 8.62. The molecular weight excluding hydrogens is 254 g/mol. The van der Waals surface area contributed by atoms with E-state index < -0.39 is 0 Å². The fourth-order valence-corrected chi connectivity index (χ4v) is 4.54. The molecular formula is C15H25N3S. The predicted octanol–water partition coefficient (Wildman–Crippen LogP) is 3.58. The average molecular weight is 279 g/mol. The van der Waals surface area contributed by atoms with Gasteiger partial charge in [0.2, 0.25) is 0 Å². The normalized spacial score (nSPS) is 24.0. The smallest absolute Gasteiger partial charge is 0.185 e. The van der Waals surface area contributed by atoms with Crippen LogP contribution < -0.4 is 10.2 Å². The van der Waals surface area contributed by atoms with Gasteiger partial charge in [0.15, 0.2) is 5.13 Å². The van der Waals surface area contributed by atoms with Gasteiger partial charge in [-0.05, 0) is 45.1 Å². The first kappa shape index (κ1) is 13.4. The molecule has 2 aliphatic rings. The van der Waals surface area contributed by atoms with Crippen LogP contribution in [0.3, 0.4) is 0 Å². The number of aromatic nitrogens is 1. The van der Waals surface area contributed by atoms with E-state index in [0.29, 0.717) is 11.5 Å². The van der Waals surface area contributed by atoms with E-state index in [1.165, 1.54) is 62.4 Å². The van der Waals surface area contributed by atoms with Crippen molar-refractivity contribution in [2.75, 3.05) is 25.0 Å². The second-order valence-corrected chi connectivity index (χ2v) is 7.10. The Labute approximate surface area is 120 Å². The minimum absolute atomic E-state index is 0.357. The van der Waals surface area contributed by atoms with Crippen molar-refractivity contribution >= 4 is 16.5 Å². The Hall–Kier alpha value is -0.610. The molecule has 1 spiro atoms. The van der Waals surface area contributed by atoms with Gasteiger partial charge in [-0.3, -0.25) is 0 Å². The van der Waals surface area contributed by atoms with Gasteiger partial charge < -0.3 is 10.2 Å². The molecule has 2 fully saturated rings.